The van der Waals surface area contributed by atoms with Crippen LogP contribution in [-0.4, -0.2) is 31.7 Å². The van der Waals surface area contributed by atoms with Crippen molar-refractivity contribution in [3.8, 4) is 11.5 Å². The molecule has 0 radical (unpaired) electrons. The number of carbonyl (C=O) groups excluding carboxylic acids is 1. The summed E-state index contributed by atoms with van der Waals surface area (Å²) in [7, 11) is 3.07. The number of amides is 1. The van der Waals surface area contributed by atoms with E-state index >= 15 is 0 Å². The van der Waals surface area contributed by atoms with Crippen molar-refractivity contribution in [3.63, 3.8) is 0 Å². The molecule has 1 heterocycles. The number of nitrogens with zero attached hydrogens (tertiary/aromatic N) is 1. The molecule has 1 amide bonds. The van der Waals surface area contributed by atoms with Gasteiger partial charge in [-0.3, -0.25) is 9.78 Å². The van der Waals surface area contributed by atoms with E-state index in [1.54, 1.807) is 31.5 Å². The Balaban J connectivity index is 1.90. The van der Waals surface area contributed by atoms with Gasteiger partial charge in [0.15, 0.2) is 11.5 Å². The lowest BCUT2D eigenvalue weighted by molar-refractivity contribution is 0.0949. The molecular weight excluding hydrogens is 280 g/mol. The third kappa shape index (κ3) is 3.97. The van der Waals surface area contributed by atoms with Crippen LogP contribution in [0.15, 0.2) is 42.7 Å². The largest absolute Gasteiger partial charge is 0.493 e. The quantitative estimate of drug-likeness (QED) is 0.798. The number of benzene rings is 1. The summed E-state index contributed by atoms with van der Waals surface area (Å²) in [6, 6.07) is 9.19. The first-order valence-corrected chi connectivity index (χ1v) is 7.14. The number of pyridine rings is 1. The zero-order valence-corrected chi connectivity index (χ0v) is 12.8. The highest BCUT2D eigenvalue weighted by Gasteiger charge is 2.15. The van der Waals surface area contributed by atoms with Crippen LogP contribution in [0.1, 0.15) is 22.3 Å². The van der Waals surface area contributed by atoms with Crippen molar-refractivity contribution in [2.45, 2.75) is 12.8 Å². The van der Waals surface area contributed by atoms with Crippen LogP contribution in [-0.2, 0) is 6.42 Å². The molecule has 0 unspecified atom stereocenters. The van der Waals surface area contributed by atoms with E-state index in [0.29, 0.717) is 23.6 Å². The summed E-state index contributed by atoms with van der Waals surface area (Å²) in [4.78, 5) is 16.3. The fourth-order valence-corrected chi connectivity index (χ4v) is 2.20. The average molecular weight is 300 g/mol. The first kappa shape index (κ1) is 15.8. The van der Waals surface area contributed by atoms with Gasteiger partial charge < -0.3 is 14.8 Å². The molecular formula is C17H20N2O3. The molecule has 116 valence electrons. The molecule has 5 heteroatoms. The van der Waals surface area contributed by atoms with Crippen LogP contribution in [0, 0.1) is 0 Å². The topological polar surface area (TPSA) is 60.5 Å². The maximum absolute atomic E-state index is 12.2. The number of aromatic nitrogens is 1. The van der Waals surface area contributed by atoms with E-state index in [1.807, 2.05) is 18.3 Å². The molecule has 0 aliphatic rings. The predicted molar refractivity (Wildman–Crippen MR) is 84.4 cm³/mol. The summed E-state index contributed by atoms with van der Waals surface area (Å²) in [5.74, 6) is 0.835. The molecule has 22 heavy (non-hydrogen) atoms. The Morgan fingerprint density at radius 1 is 1.18 bits per heavy atom. The summed E-state index contributed by atoms with van der Waals surface area (Å²) >= 11 is 0. The van der Waals surface area contributed by atoms with E-state index in [2.05, 4.69) is 10.3 Å². The number of ether oxygens (including phenoxy) is 2. The highest BCUT2D eigenvalue weighted by atomic mass is 16.5. The smallest absolute Gasteiger partial charge is 0.255 e. The lowest BCUT2D eigenvalue weighted by Gasteiger charge is -2.12. The van der Waals surface area contributed by atoms with Crippen molar-refractivity contribution in [2.75, 3.05) is 20.8 Å². The van der Waals surface area contributed by atoms with Gasteiger partial charge in [0.1, 0.15) is 0 Å². The Bertz CT molecular complexity index is 615. The minimum atomic E-state index is -0.165. The van der Waals surface area contributed by atoms with Crippen LogP contribution in [0.4, 0.5) is 0 Å². The Kier molecular flexibility index (Phi) is 5.77. The minimum Gasteiger partial charge on any atom is -0.493 e. The first-order valence-electron chi connectivity index (χ1n) is 7.14. The van der Waals surface area contributed by atoms with Crippen molar-refractivity contribution in [1.29, 1.82) is 0 Å². The van der Waals surface area contributed by atoms with E-state index < -0.39 is 0 Å². The highest BCUT2D eigenvalue weighted by Crippen LogP contribution is 2.30. The number of hydrogen-bond acceptors (Lipinski definition) is 4. The van der Waals surface area contributed by atoms with Crippen LogP contribution in [0.2, 0.25) is 0 Å². The van der Waals surface area contributed by atoms with Crippen LogP contribution in [0.5, 0.6) is 11.5 Å². The summed E-state index contributed by atoms with van der Waals surface area (Å²) < 4.78 is 10.5. The van der Waals surface area contributed by atoms with Gasteiger partial charge in [-0.1, -0.05) is 12.1 Å². The number of para-hydroxylation sites is 1. The van der Waals surface area contributed by atoms with Gasteiger partial charge in [-0.2, -0.15) is 0 Å². The van der Waals surface area contributed by atoms with Gasteiger partial charge in [0, 0.05) is 18.9 Å². The molecule has 2 rings (SSSR count). The van der Waals surface area contributed by atoms with Crippen LogP contribution in [0.25, 0.3) is 0 Å². The fraction of sp³-hybridized carbons (Fsp3) is 0.294. The van der Waals surface area contributed by atoms with Crippen LogP contribution < -0.4 is 14.8 Å². The van der Waals surface area contributed by atoms with Crippen molar-refractivity contribution < 1.29 is 14.3 Å². The second kappa shape index (κ2) is 8.02. The second-order valence-electron chi connectivity index (χ2n) is 4.76. The van der Waals surface area contributed by atoms with Gasteiger partial charge in [-0.25, -0.2) is 0 Å². The van der Waals surface area contributed by atoms with Crippen molar-refractivity contribution in [2.24, 2.45) is 0 Å². The zero-order valence-electron chi connectivity index (χ0n) is 12.8. The summed E-state index contributed by atoms with van der Waals surface area (Å²) in [6.45, 7) is 0.591. The number of nitrogens with one attached hydrogen (secondary N) is 1. The molecule has 5 nitrogen and oxygen atoms in total. The predicted octanol–water partition coefficient (Wildman–Crippen LogP) is 2.46. The molecule has 0 fully saturated rings. The van der Waals surface area contributed by atoms with Crippen molar-refractivity contribution >= 4 is 5.91 Å². The van der Waals surface area contributed by atoms with Gasteiger partial charge >= 0.3 is 0 Å². The maximum atomic E-state index is 12.2. The number of aryl methyl sites for hydroxylation is 1. The number of rotatable bonds is 7. The Morgan fingerprint density at radius 3 is 2.73 bits per heavy atom. The summed E-state index contributed by atoms with van der Waals surface area (Å²) in [6.07, 6.45) is 5.32. The highest BCUT2D eigenvalue weighted by molar-refractivity contribution is 5.97. The SMILES string of the molecule is COc1cccc(C(=O)NCCCc2cccnc2)c1OC. The molecule has 0 spiro atoms. The first-order chi connectivity index (χ1) is 10.8. The number of hydrogen-bond donors (Lipinski definition) is 1. The summed E-state index contributed by atoms with van der Waals surface area (Å²) in [5.41, 5.74) is 1.64. The van der Waals surface area contributed by atoms with E-state index in [4.69, 9.17) is 9.47 Å². The third-order valence-corrected chi connectivity index (χ3v) is 3.30. The third-order valence-electron chi connectivity index (χ3n) is 3.30. The summed E-state index contributed by atoms with van der Waals surface area (Å²) in [5, 5.41) is 2.90. The van der Waals surface area contributed by atoms with Gasteiger partial charge in [-0.15, -0.1) is 0 Å². The van der Waals surface area contributed by atoms with Crippen LogP contribution in [0.3, 0.4) is 0 Å². The van der Waals surface area contributed by atoms with Gasteiger partial charge in [0.05, 0.1) is 19.8 Å². The Morgan fingerprint density at radius 2 is 2.05 bits per heavy atom. The van der Waals surface area contributed by atoms with Crippen molar-refractivity contribution in [1.82, 2.24) is 10.3 Å². The second-order valence-corrected chi connectivity index (χ2v) is 4.76. The van der Waals surface area contributed by atoms with E-state index in [1.165, 1.54) is 7.11 Å². The molecule has 1 N–H and O–H groups in total. The molecule has 0 aliphatic heterocycles. The van der Waals surface area contributed by atoms with Crippen molar-refractivity contribution in [3.05, 3.63) is 53.9 Å². The molecule has 1 aromatic heterocycles. The van der Waals surface area contributed by atoms with E-state index in [9.17, 15) is 4.79 Å². The monoisotopic (exact) mass is 300 g/mol. The number of methoxy groups -OCH3 is 2. The maximum Gasteiger partial charge on any atom is 0.255 e. The standard InChI is InChI=1S/C17H20N2O3/c1-21-15-9-3-8-14(16(15)22-2)17(20)19-11-5-7-13-6-4-10-18-12-13/h3-4,6,8-10,12H,5,7,11H2,1-2H3,(H,19,20). The molecule has 0 bridgehead atoms. The lowest BCUT2D eigenvalue weighted by atomic mass is 10.1. The average Bonchev–Trinajstić information content (AvgIpc) is 2.58. The van der Waals surface area contributed by atoms with Crippen LogP contribution >= 0.6 is 0 Å². The molecule has 0 saturated heterocycles. The molecule has 0 atom stereocenters. The Hall–Kier alpha value is -2.56. The minimum absolute atomic E-state index is 0.165. The zero-order chi connectivity index (χ0) is 15.8. The molecule has 0 saturated carbocycles. The molecule has 0 aliphatic carbocycles. The van der Waals surface area contributed by atoms with Gasteiger partial charge in [0.25, 0.3) is 5.91 Å². The fourth-order valence-electron chi connectivity index (χ4n) is 2.20. The van der Waals surface area contributed by atoms with Gasteiger partial charge in [0.2, 0.25) is 0 Å². The van der Waals surface area contributed by atoms with Gasteiger partial charge in [-0.05, 0) is 36.6 Å². The normalized spacial score (nSPS) is 10.1. The molecule has 2 aromatic rings. The van der Waals surface area contributed by atoms with E-state index in [0.717, 1.165) is 18.4 Å². The number of carbonyl (C=O) groups is 1. The van der Waals surface area contributed by atoms with E-state index in [-0.39, 0.29) is 5.91 Å². The molecule has 1 aromatic carbocycles. The Labute approximate surface area is 130 Å². The lowest BCUT2D eigenvalue weighted by Crippen LogP contribution is -2.25.